The van der Waals surface area contributed by atoms with Crippen LogP contribution in [0.5, 0.6) is 0 Å². The Morgan fingerprint density at radius 3 is 2.40 bits per heavy atom. The smallest absolute Gasteiger partial charge is 0.412 e. The van der Waals surface area contributed by atoms with E-state index in [0.717, 1.165) is 12.1 Å². The van der Waals surface area contributed by atoms with Crippen molar-refractivity contribution in [3.8, 4) is 0 Å². The van der Waals surface area contributed by atoms with Crippen molar-refractivity contribution in [1.82, 2.24) is 0 Å². The molecule has 0 bridgehead atoms. The summed E-state index contributed by atoms with van der Waals surface area (Å²) >= 11 is 1.19. The van der Waals surface area contributed by atoms with Crippen LogP contribution >= 0.6 is 11.8 Å². The fourth-order valence-electron chi connectivity index (χ4n) is 1.40. The first kappa shape index (κ1) is 16.3. The molecule has 0 spiro atoms. The number of aromatic carboxylic acids is 1. The second kappa shape index (κ2) is 6.13. The minimum Gasteiger partial charge on any atom is -0.478 e. The van der Waals surface area contributed by atoms with Crippen LogP contribution in [0.1, 0.15) is 31.1 Å². The van der Waals surface area contributed by atoms with Gasteiger partial charge in [-0.05, 0) is 39.2 Å². The van der Waals surface area contributed by atoms with Crippen LogP contribution in [0.2, 0.25) is 0 Å². The monoisotopic (exact) mass is 301 g/mol. The number of carbonyl (C=O) groups is 2. The number of thioether (sulfide) groups is 1. The van der Waals surface area contributed by atoms with Crippen molar-refractivity contribution in [2.24, 2.45) is 0 Å². The number of hydrogen-bond acceptors (Lipinski definition) is 4. The molecule has 1 aromatic carbocycles. The normalized spacial score (nSPS) is 11.1. The van der Waals surface area contributed by atoms with Gasteiger partial charge in [-0.15, -0.1) is 11.8 Å². The number of amides is 1. The van der Waals surface area contributed by atoms with Gasteiger partial charge in [0.1, 0.15) is 11.4 Å². The summed E-state index contributed by atoms with van der Waals surface area (Å²) < 4.78 is 18.6. The third kappa shape index (κ3) is 4.41. The van der Waals surface area contributed by atoms with Gasteiger partial charge in [-0.25, -0.2) is 14.0 Å². The van der Waals surface area contributed by atoms with Gasteiger partial charge in [0.2, 0.25) is 0 Å². The number of carboxylic acid groups (broad SMARTS) is 1. The molecule has 0 unspecified atom stereocenters. The van der Waals surface area contributed by atoms with Crippen LogP contribution in [-0.4, -0.2) is 29.0 Å². The molecule has 2 N–H and O–H groups in total. The summed E-state index contributed by atoms with van der Waals surface area (Å²) in [5.41, 5.74) is -0.987. The minimum absolute atomic E-state index is 0.200. The Labute approximate surface area is 120 Å². The molecule has 0 atom stereocenters. The summed E-state index contributed by atoms with van der Waals surface area (Å²) in [7, 11) is 0. The molecule has 1 rings (SSSR count). The van der Waals surface area contributed by atoms with Gasteiger partial charge in [0, 0.05) is 4.90 Å². The number of benzene rings is 1. The molecular weight excluding hydrogens is 285 g/mol. The van der Waals surface area contributed by atoms with Gasteiger partial charge in [0.25, 0.3) is 0 Å². The first-order valence-electron chi connectivity index (χ1n) is 5.75. The Morgan fingerprint density at radius 2 is 1.95 bits per heavy atom. The number of hydrogen-bond donors (Lipinski definition) is 2. The SMILES string of the molecule is CSc1cc(F)c(C(=O)O)cc1NC(=O)OC(C)(C)C. The Kier molecular flexibility index (Phi) is 4.99. The summed E-state index contributed by atoms with van der Waals surface area (Å²) in [6.07, 6.45) is 0.964. The van der Waals surface area contributed by atoms with Crippen LogP contribution in [0, 0.1) is 5.82 Å². The molecule has 110 valence electrons. The van der Waals surface area contributed by atoms with Crippen molar-refractivity contribution in [3.05, 3.63) is 23.5 Å². The number of halogens is 1. The lowest BCUT2D eigenvalue weighted by atomic mass is 10.2. The van der Waals surface area contributed by atoms with Crippen LogP contribution in [0.25, 0.3) is 0 Å². The summed E-state index contributed by atoms with van der Waals surface area (Å²) in [6, 6.07) is 2.15. The predicted octanol–water partition coefficient (Wildman–Crippen LogP) is 3.59. The number of carbonyl (C=O) groups excluding carboxylic acids is 1. The molecule has 0 aliphatic heterocycles. The van der Waals surface area contributed by atoms with Gasteiger partial charge >= 0.3 is 12.1 Å². The average molecular weight is 301 g/mol. The molecule has 7 heteroatoms. The molecule has 5 nitrogen and oxygen atoms in total. The molecule has 0 aliphatic carbocycles. The fourth-order valence-corrected chi connectivity index (χ4v) is 1.95. The van der Waals surface area contributed by atoms with Crippen LogP contribution < -0.4 is 5.32 Å². The molecule has 20 heavy (non-hydrogen) atoms. The van der Waals surface area contributed by atoms with E-state index in [9.17, 15) is 14.0 Å². The summed E-state index contributed by atoms with van der Waals surface area (Å²) in [4.78, 5) is 23.0. The van der Waals surface area contributed by atoms with Crippen LogP contribution in [0.3, 0.4) is 0 Å². The van der Waals surface area contributed by atoms with E-state index in [0.29, 0.717) is 4.90 Å². The number of anilines is 1. The van der Waals surface area contributed by atoms with E-state index in [1.165, 1.54) is 11.8 Å². The van der Waals surface area contributed by atoms with E-state index in [-0.39, 0.29) is 5.69 Å². The Bertz CT molecular complexity index is 540. The highest BCUT2D eigenvalue weighted by Crippen LogP contribution is 2.29. The van der Waals surface area contributed by atoms with Gasteiger partial charge in [-0.2, -0.15) is 0 Å². The number of ether oxygens (including phenoxy) is 1. The molecular formula is C13H16FNO4S. The van der Waals surface area contributed by atoms with Crippen LogP contribution in [0.4, 0.5) is 14.9 Å². The highest BCUT2D eigenvalue weighted by Gasteiger charge is 2.20. The van der Waals surface area contributed by atoms with E-state index < -0.39 is 29.0 Å². The van der Waals surface area contributed by atoms with Crippen molar-refractivity contribution in [1.29, 1.82) is 0 Å². The van der Waals surface area contributed by atoms with E-state index >= 15 is 0 Å². The topological polar surface area (TPSA) is 75.6 Å². The van der Waals surface area contributed by atoms with Gasteiger partial charge in [-0.3, -0.25) is 5.32 Å². The zero-order valence-electron chi connectivity index (χ0n) is 11.6. The summed E-state index contributed by atoms with van der Waals surface area (Å²) in [5.74, 6) is -2.25. The summed E-state index contributed by atoms with van der Waals surface area (Å²) in [5, 5.41) is 11.3. The Hall–Kier alpha value is -1.76. The zero-order chi connectivity index (χ0) is 15.5. The summed E-state index contributed by atoms with van der Waals surface area (Å²) in [6.45, 7) is 5.11. The van der Waals surface area contributed by atoms with E-state index in [1.807, 2.05) is 0 Å². The van der Waals surface area contributed by atoms with Crippen molar-refractivity contribution >= 4 is 29.5 Å². The van der Waals surface area contributed by atoms with Gasteiger partial charge < -0.3 is 9.84 Å². The van der Waals surface area contributed by atoms with Gasteiger partial charge in [0.05, 0.1) is 11.3 Å². The maximum atomic E-state index is 13.5. The fraction of sp³-hybridized carbons (Fsp3) is 0.385. The second-order valence-corrected chi connectivity index (χ2v) is 5.81. The average Bonchev–Trinajstić information content (AvgIpc) is 2.27. The van der Waals surface area contributed by atoms with Crippen molar-refractivity contribution in [2.45, 2.75) is 31.3 Å². The lowest BCUT2D eigenvalue weighted by Crippen LogP contribution is -2.27. The Balaban J connectivity index is 3.07. The Morgan fingerprint density at radius 1 is 1.35 bits per heavy atom. The molecule has 1 aromatic rings. The van der Waals surface area contributed by atoms with E-state index in [1.54, 1.807) is 27.0 Å². The maximum Gasteiger partial charge on any atom is 0.412 e. The van der Waals surface area contributed by atoms with Crippen molar-refractivity contribution in [2.75, 3.05) is 11.6 Å². The second-order valence-electron chi connectivity index (χ2n) is 4.96. The molecule has 0 fully saturated rings. The molecule has 0 heterocycles. The maximum absolute atomic E-state index is 13.5. The van der Waals surface area contributed by atoms with Crippen LogP contribution in [-0.2, 0) is 4.74 Å². The number of carboxylic acids is 1. The van der Waals surface area contributed by atoms with Gasteiger partial charge in [0.15, 0.2) is 0 Å². The standard InChI is InChI=1S/C13H16FNO4S/c1-13(2,3)19-12(18)15-9-5-7(11(16)17)8(14)6-10(9)20-4/h5-6H,1-4H3,(H,15,18)(H,16,17). The van der Waals surface area contributed by atoms with Crippen molar-refractivity contribution in [3.63, 3.8) is 0 Å². The van der Waals surface area contributed by atoms with E-state index in [2.05, 4.69) is 5.32 Å². The lowest BCUT2D eigenvalue weighted by molar-refractivity contribution is 0.0632. The molecule has 0 aromatic heterocycles. The third-order valence-electron chi connectivity index (χ3n) is 2.16. The number of rotatable bonds is 3. The minimum atomic E-state index is -1.40. The molecule has 0 aliphatic rings. The van der Waals surface area contributed by atoms with Gasteiger partial charge in [-0.1, -0.05) is 0 Å². The molecule has 0 saturated carbocycles. The first-order chi connectivity index (χ1) is 9.14. The predicted molar refractivity (Wildman–Crippen MR) is 75.0 cm³/mol. The highest BCUT2D eigenvalue weighted by molar-refractivity contribution is 7.98. The third-order valence-corrected chi connectivity index (χ3v) is 2.93. The largest absolute Gasteiger partial charge is 0.478 e. The van der Waals surface area contributed by atoms with Crippen molar-refractivity contribution < 1.29 is 23.8 Å². The quantitative estimate of drug-likeness (QED) is 0.834. The first-order valence-corrected chi connectivity index (χ1v) is 6.97. The van der Waals surface area contributed by atoms with E-state index in [4.69, 9.17) is 9.84 Å². The highest BCUT2D eigenvalue weighted by atomic mass is 32.2. The van der Waals surface area contributed by atoms with Crippen LogP contribution in [0.15, 0.2) is 17.0 Å². The zero-order valence-corrected chi connectivity index (χ0v) is 12.4. The molecule has 0 saturated heterocycles. The lowest BCUT2D eigenvalue weighted by Gasteiger charge is -2.20. The number of nitrogens with one attached hydrogen (secondary N) is 1. The molecule has 1 amide bonds. The molecule has 0 radical (unpaired) electrons.